The summed E-state index contributed by atoms with van der Waals surface area (Å²) in [6.45, 7) is 1.20. The molecule has 1 heterocycles. The first-order valence-electron chi connectivity index (χ1n) is 8.21. The zero-order valence-corrected chi connectivity index (χ0v) is 15.5. The summed E-state index contributed by atoms with van der Waals surface area (Å²) in [4.78, 5) is 22.5. The summed E-state index contributed by atoms with van der Waals surface area (Å²) >= 11 is 0. The van der Waals surface area contributed by atoms with Gasteiger partial charge in [-0.1, -0.05) is 0 Å². The highest BCUT2D eigenvalue weighted by atomic mass is 32.2. The first-order valence-corrected chi connectivity index (χ1v) is 9.93. The Balaban J connectivity index is 0.00000114. The molecule has 0 spiro atoms. The van der Waals surface area contributed by atoms with Crippen molar-refractivity contribution >= 4 is 22.4 Å². The minimum absolute atomic E-state index is 0.128. The molecule has 1 aromatic rings. The highest BCUT2D eigenvalue weighted by molar-refractivity contribution is 7.89. The lowest BCUT2D eigenvalue weighted by Crippen LogP contribution is -2.31. The van der Waals surface area contributed by atoms with Crippen LogP contribution < -0.4 is 15.6 Å². The lowest BCUT2D eigenvalue weighted by atomic mass is 10.1. The molecule has 2 rings (SSSR count). The van der Waals surface area contributed by atoms with E-state index in [4.69, 9.17) is 25.5 Å². The molecule has 0 aliphatic carbocycles. The topological polar surface area (TPSA) is 153 Å². The van der Waals surface area contributed by atoms with Crippen LogP contribution >= 0.6 is 0 Å². The molecule has 1 fully saturated rings. The molecule has 1 aromatic carbocycles. The van der Waals surface area contributed by atoms with Crippen molar-refractivity contribution < 1.29 is 32.2 Å². The average molecular weight is 405 g/mol. The second kappa shape index (κ2) is 10.8. The van der Waals surface area contributed by atoms with Crippen molar-refractivity contribution in [2.45, 2.75) is 12.8 Å². The number of amides is 1. The number of benzene rings is 1. The molecule has 1 saturated heterocycles. The molecule has 27 heavy (non-hydrogen) atoms. The zero-order chi connectivity index (χ0) is 20.4. The van der Waals surface area contributed by atoms with Crippen LogP contribution in [0.15, 0.2) is 18.2 Å². The largest absolute Gasteiger partial charge is 0.493 e. The fourth-order valence-corrected chi connectivity index (χ4v) is 3.64. The fourth-order valence-electron chi connectivity index (χ4n) is 2.71. The summed E-state index contributed by atoms with van der Waals surface area (Å²) in [5.41, 5.74) is 5.53. The average Bonchev–Trinajstić information content (AvgIpc) is 3.03. The highest BCUT2D eigenvalue weighted by Crippen LogP contribution is 2.25. The molecular weight excluding hydrogens is 381 g/mol. The summed E-state index contributed by atoms with van der Waals surface area (Å²) in [5.74, 6) is -0.998. The van der Waals surface area contributed by atoms with Crippen LogP contribution in [0.3, 0.4) is 0 Å². The maximum Gasteiger partial charge on any atom is 0.290 e. The second-order valence-corrected chi connectivity index (χ2v) is 7.63. The molecule has 0 radical (unpaired) electrons. The lowest BCUT2D eigenvalue weighted by Gasteiger charge is -2.19. The van der Waals surface area contributed by atoms with Crippen LogP contribution in [0.5, 0.6) is 5.75 Å². The van der Waals surface area contributed by atoms with Crippen LogP contribution in [0, 0.1) is 11.7 Å². The minimum atomic E-state index is -3.59. The maximum absolute atomic E-state index is 13.5. The van der Waals surface area contributed by atoms with E-state index in [0.717, 1.165) is 6.07 Å². The van der Waals surface area contributed by atoms with E-state index in [1.165, 1.54) is 17.0 Å². The van der Waals surface area contributed by atoms with Crippen LogP contribution in [-0.2, 0) is 14.8 Å². The van der Waals surface area contributed by atoms with Gasteiger partial charge in [0.15, 0.2) is 0 Å². The van der Waals surface area contributed by atoms with Gasteiger partial charge in [-0.3, -0.25) is 9.59 Å². The van der Waals surface area contributed by atoms with Crippen molar-refractivity contribution in [1.29, 1.82) is 0 Å². The molecule has 1 aliphatic heterocycles. The summed E-state index contributed by atoms with van der Waals surface area (Å²) in [6, 6.07) is 3.77. The van der Waals surface area contributed by atoms with Crippen molar-refractivity contribution in [2.24, 2.45) is 16.8 Å². The molecule has 0 saturated carbocycles. The summed E-state index contributed by atoms with van der Waals surface area (Å²) in [5, 5.41) is 11.9. The van der Waals surface area contributed by atoms with Crippen LogP contribution in [0.25, 0.3) is 0 Å². The normalized spacial score (nSPS) is 16.4. The number of hydrogen-bond acceptors (Lipinski definition) is 6. The summed E-state index contributed by atoms with van der Waals surface area (Å²) < 4.78 is 41.4. The van der Waals surface area contributed by atoms with E-state index < -0.39 is 15.8 Å². The van der Waals surface area contributed by atoms with Crippen molar-refractivity contribution in [3.8, 4) is 5.75 Å². The van der Waals surface area contributed by atoms with Gasteiger partial charge in [0.25, 0.3) is 12.4 Å². The second-order valence-electron chi connectivity index (χ2n) is 5.97. The standard InChI is InChI=1S/C15H22FN3O4S.CH2O2/c16-12-2-3-14(23-7-1-5-17)13(8-12)15(20)19-6-4-11(9-19)10-24(18,21)22;2-1-3/h2-3,8,11H,1,4-7,9-10,17H2,(H2,18,21,22);1H,(H,2,3). The van der Waals surface area contributed by atoms with E-state index in [9.17, 15) is 17.6 Å². The van der Waals surface area contributed by atoms with Crippen LogP contribution in [0.1, 0.15) is 23.2 Å². The number of carbonyl (C=O) groups excluding carboxylic acids is 1. The predicted octanol–water partition coefficient (Wildman–Crippen LogP) is 0.00470. The molecule has 1 unspecified atom stereocenters. The number of nitrogens with zero attached hydrogens (tertiary/aromatic N) is 1. The number of likely N-dealkylation sites (tertiary alicyclic amines) is 1. The van der Waals surface area contributed by atoms with Crippen molar-refractivity contribution in [3.05, 3.63) is 29.6 Å². The van der Waals surface area contributed by atoms with Crippen molar-refractivity contribution in [2.75, 3.05) is 32.0 Å². The molecule has 11 heteroatoms. The lowest BCUT2D eigenvalue weighted by molar-refractivity contribution is -0.122. The number of hydrogen-bond donors (Lipinski definition) is 3. The number of rotatable bonds is 7. The van der Waals surface area contributed by atoms with Gasteiger partial charge in [0.1, 0.15) is 11.6 Å². The van der Waals surface area contributed by atoms with Gasteiger partial charge in [0.2, 0.25) is 10.0 Å². The molecule has 152 valence electrons. The number of primary sulfonamides is 1. The van der Waals surface area contributed by atoms with Gasteiger partial charge in [0.05, 0.1) is 17.9 Å². The third-order valence-corrected chi connectivity index (χ3v) is 4.76. The third-order valence-electron chi connectivity index (χ3n) is 3.82. The van der Waals surface area contributed by atoms with E-state index in [-0.39, 0.29) is 36.2 Å². The smallest absolute Gasteiger partial charge is 0.290 e. The molecule has 1 atom stereocenters. The highest BCUT2D eigenvalue weighted by Gasteiger charge is 2.30. The number of halogens is 1. The number of carboxylic acid groups (broad SMARTS) is 1. The van der Waals surface area contributed by atoms with E-state index in [1.54, 1.807) is 0 Å². The van der Waals surface area contributed by atoms with Gasteiger partial charge in [-0.25, -0.2) is 17.9 Å². The van der Waals surface area contributed by atoms with Gasteiger partial charge in [0, 0.05) is 13.1 Å². The van der Waals surface area contributed by atoms with E-state index in [0.29, 0.717) is 38.3 Å². The summed E-state index contributed by atoms with van der Waals surface area (Å²) in [7, 11) is -3.59. The molecule has 9 nitrogen and oxygen atoms in total. The molecule has 1 aliphatic rings. The van der Waals surface area contributed by atoms with Crippen LogP contribution in [-0.4, -0.2) is 62.8 Å². The van der Waals surface area contributed by atoms with Gasteiger partial charge >= 0.3 is 0 Å². The SMILES string of the molecule is NCCCOc1ccc(F)cc1C(=O)N1CCC(CS(N)(=O)=O)C1.O=CO. The molecule has 5 N–H and O–H groups in total. The monoisotopic (exact) mass is 405 g/mol. The Morgan fingerprint density at radius 1 is 1.44 bits per heavy atom. The minimum Gasteiger partial charge on any atom is -0.493 e. The first kappa shape index (κ1) is 22.8. The first-order chi connectivity index (χ1) is 12.7. The van der Waals surface area contributed by atoms with Gasteiger partial charge < -0.3 is 20.5 Å². The van der Waals surface area contributed by atoms with Crippen LogP contribution in [0.2, 0.25) is 0 Å². The Hall–Kier alpha value is -2.24. The van der Waals surface area contributed by atoms with Crippen molar-refractivity contribution in [1.82, 2.24) is 4.90 Å². The molecule has 1 amide bonds. The third kappa shape index (κ3) is 7.89. The molecular formula is C16H24FN3O6S. The van der Waals surface area contributed by atoms with Gasteiger partial charge in [-0.15, -0.1) is 0 Å². The Morgan fingerprint density at radius 2 is 2.11 bits per heavy atom. The number of ether oxygens (including phenoxy) is 1. The van der Waals surface area contributed by atoms with Crippen molar-refractivity contribution in [3.63, 3.8) is 0 Å². The molecule has 0 aromatic heterocycles. The Kier molecular flexibility index (Phi) is 9.12. The Bertz CT molecular complexity index is 744. The van der Waals surface area contributed by atoms with E-state index in [2.05, 4.69) is 0 Å². The maximum atomic E-state index is 13.5. The summed E-state index contributed by atoms with van der Waals surface area (Å²) in [6.07, 6.45) is 1.16. The fraction of sp³-hybridized carbons (Fsp3) is 0.500. The number of carbonyl (C=O) groups is 2. The predicted molar refractivity (Wildman–Crippen MR) is 96.2 cm³/mol. The van der Waals surface area contributed by atoms with Gasteiger partial charge in [-0.05, 0) is 43.5 Å². The van der Waals surface area contributed by atoms with Gasteiger partial charge in [-0.2, -0.15) is 0 Å². The zero-order valence-electron chi connectivity index (χ0n) is 14.7. The number of nitrogens with two attached hydrogens (primary N) is 2. The number of sulfonamides is 1. The Labute approximate surface area is 157 Å². The van der Waals surface area contributed by atoms with E-state index in [1.807, 2.05) is 0 Å². The molecule has 0 bridgehead atoms. The quantitative estimate of drug-likeness (QED) is 0.426. The van der Waals surface area contributed by atoms with Crippen LogP contribution in [0.4, 0.5) is 4.39 Å². The van der Waals surface area contributed by atoms with E-state index >= 15 is 0 Å². The Morgan fingerprint density at radius 3 is 2.70 bits per heavy atom.